The highest BCUT2D eigenvalue weighted by atomic mass is 15.2. The Morgan fingerprint density at radius 2 is 1.29 bits per heavy atom. The van der Waals surface area contributed by atoms with Crippen molar-refractivity contribution in [3.63, 3.8) is 0 Å². The second-order valence-corrected chi connectivity index (χ2v) is 13.5. The van der Waals surface area contributed by atoms with E-state index in [0.717, 1.165) is 17.9 Å². The summed E-state index contributed by atoms with van der Waals surface area (Å²) in [7, 11) is 0. The quantitative estimate of drug-likeness (QED) is 0.168. The van der Waals surface area contributed by atoms with Gasteiger partial charge >= 0.3 is 0 Å². The summed E-state index contributed by atoms with van der Waals surface area (Å²) in [6.45, 7) is 9.33. The predicted octanol–water partition coefficient (Wildman–Crippen LogP) is 12.0. The van der Waals surface area contributed by atoms with Gasteiger partial charge in [-0.1, -0.05) is 113 Å². The maximum absolute atomic E-state index is 4.89. The van der Waals surface area contributed by atoms with E-state index in [-0.39, 0.29) is 6.04 Å². The van der Waals surface area contributed by atoms with Crippen LogP contribution >= 0.6 is 0 Å². The molecule has 6 aromatic rings. The third-order valence-corrected chi connectivity index (χ3v) is 9.93. The summed E-state index contributed by atoms with van der Waals surface area (Å²) in [6, 6.07) is 45.9. The summed E-state index contributed by atoms with van der Waals surface area (Å²) in [5.74, 6) is 1.64. The summed E-state index contributed by atoms with van der Waals surface area (Å²) in [6.07, 6.45) is 7.86. The minimum Gasteiger partial charge on any atom is -0.330 e. The molecule has 0 N–H and O–H groups in total. The molecule has 236 valence electrons. The number of anilines is 5. The molecule has 1 heterocycles. The molecule has 0 saturated carbocycles. The maximum Gasteiger partial charge on any atom is 0.137 e. The molecular formula is C45H41N3. The third kappa shape index (κ3) is 5.02. The van der Waals surface area contributed by atoms with Gasteiger partial charge in [-0.15, -0.1) is 0 Å². The molecule has 3 heteroatoms. The first-order valence-electron chi connectivity index (χ1n) is 17.2. The molecule has 1 atom stereocenters. The van der Waals surface area contributed by atoms with Crippen LogP contribution in [0.1, 0.15) is 55.9 Å². The zero-order chi connectivity index (χ0) is 32.8. The van der Waals surface area contributed by atoms with Crippen LogP contribution < -0.4 is 9.80 Å². The molecule has 0 radical (unpaired) electrons. The number of hydrogen-bond donors (Lipinski definition) is 0. The largest absolute Gasteiger partial charge is 0.330 e. The predicted molar refractivity (Wildman–Crippen MR) is 204 cm³/mol. The highest BCUT2D eigenvalue weighted by molar-refractivity contribution is 6.12. The van der Waals surface area contributed by atoms with Crippen LogP contribution in [0.15, 0.2) is 146 Å². The molecular weight excluding hydrogens is 583 g/mol. The SMILES string of the molecule is CC(C)C1=CC(N(c2ccccc2)c2ccccc2)C2=CCc3c(C(C)C)cc(N(c4ccccc4)c4ccccn4)c4ccc1c2c34. The van der Waals surface area contributed by atoms with Gasteiger partial charge in [0.2, 0.25) is 0 Å². The molecule has 2 aliphatic carbocycles. The van der Waals surface area contributed by atoms with Crippen LogP contribution in [0.5, 0.6) is 0 Å². The summed E-state index contributed by atoms with van der Waals surface area (Å²) >= 11 is 0. The topological polar surface area (TPSA) is 19.4 Å². The van der Waals surface area contributed by atoms with E-state index < -0.39 is 0 Å². The summed E-state index contributed by atoms with van der Waals surface area (Å²) in [5.41, 5.74) is 13.0. The lowest BCUT2D eigenvalue weighted by atomic mass is 9.72. The van der Waals surface area contributed by atoms with Crippen LogP contribution in [-0.4, -0.2) is 11.0 Å². The third-order valence-electron chi connectivity index (χ3n) is 9.93. The molecule has 0 bridgehead atoms. The van der Waals surface area contributed by atoms with Crippen molar-refractivity contribution < 1.29 is 0 Å². The minimum atomic E-state index is 0.0469. The molecule has 0 aliphatic heterocycles. The molecule has 0 spiro atoms. The molecule has 0 amide bonds. The summed E-state index contributed by atoms with van der Waals surface area (Å²) in [4.78, 5) is 9.76. The van der Waals surface area contributed by atoms with Gasteiger partial charge in [-0.05, 0) is 112 Å². The Bertz CT molecular complexity index is 2070. The van der Waals surface area contributed by atoms with E-state index in [4.69, 9.17) is 4.98 Å². The first-order valence-corrected chi connectivity index (χ1v) is 17.2. The van der Waals surface area contributed by atoms with Crippen molar-refractivity contribution in [2.24, 2.45) is 5.92 Å². The van der Waals surface area contributed by atoms with Crippen LogP contribution in [-0.2, 0) is 6.42 Å². The van der Waals surface area contributed by atoms with Crippen molar-refractivity contribution in [2.75, 3.05) is 9.80 Å². The van der Waals surface area contributed by atoms with E-state index in [2.05, 4.69) is 171 Å². The number of aromatic nitrogens is 1. The average molecular weight is 624 g/mol. The fourth-order valence-electron chi connectivity index (χ4n) is 7.80. The fourth-order valence-corrected chi connectivity index (χ4v) is 7.80. The standard InChI is InChI=1S/C45H41N3/c1-30(2)39-28-41(47(32-16-8-5-9-17-32)33-18-10-6-11-19-33)37-25-23-36-40(31(3)4)29-42(38-26-24-35(39)44(37)45(36)38)48(34-20-12-7-13-21-34)43-22-14-15-27-46-43/h5-22,24-31,41H,23H2,1-4H3. The number of nitrogens with zero attached hydrogens (tertiary/aromatic N) is 3. The Labute approximate surface area is 284 Å². The van der Waals surface area contributed by atoms with Gasteiger partial charge in [0.25, 0.3) is 0 Å². The van der Waals surface area contributed by atoms with Gasteiger partial charge in [0.05, 0.1) is 11.7 Å². The van der Waals surface area contributed by atoms with Gasteiger partial charge in [0, 0.05) is 28.6 Å². The molecule has 5 aromatic carbocycles. The second-order valence-electron chi connectivity index (χ2n) is 13.5. The molecule has 3 nitrogen and oxygen atoms in total. The fraction of sp³-hybridized carbons (Fsp3) is 0.178. The number of pyridine rings is 1. The normalized spacial score (nSPS) is 15.0. The van der Waals surface area contributed by atoms with E-state index in [1.165, 1.54) is 61.2 Å². The number of hydrogen-bond acceptors (Lipinski definition) is 3. The number of benzene rings is 5. The van der Waals surface area contributed by atoms with E-state index in [1.807, 2.05) is 12.3 Å². The van der Waals surface area contributed by atoms with Gasteiger partial charge < -0.3 is 4.90 Å². The number of rotatable bonds is 8. The number of para-hydroxylation sites is 3. The summed E-state index contributed by atoms with van der Waals surface area (Å²) in [5, 5.41) is 2.66. The Hall–Kier alpha value is -5.41. The molecule has 48 heavy (non-hydrogen) atoms. The first kappa shape index (κ1) is 30.0. The lowest BCUT2D eigenvalue weighted by Gasteiger charge is -2.41. The highest BCUT2D eigenvalue weighted by Gasteiger charge is 2.36. The van der Waals surface area contributed by atoms with E-state index in [0.29, 0.717) is 11.8 Å². The van der Waals surface area contributed by atoms with Crippen molar-refractivity contribution in [3.8, 4) is 0 Å². The summed E-state index contributed by atoms with van der Waals surface area (Å²) < 4.78 is 0. The van der Waals surface area contributed by atoms with Crippen molar-refractivity contribution in [1.82, 2.24) is 4.98 Å². The highest BCUT2D eigenvalue weighted by Crippen LogP contribution is 2.52. The van der Waals surface area contributed by atoms with Gasteiger partial charge in [-0.3, -0.25) is 4.90 Å². The van der Waals surface area contributed by atoms with Crippen LogP contribution in [0.3, 0.4) is 0 Å². The molecule has 0 fully saturated rings. The van der Waals surface area contributed by atoms with E-state index in [1.54, 1.807) is 0 Å². The van der Waals surface area contributed by atoms with Crippen molar-refractivity contribution in [1.29, 1.82) is 0 Å². The van der Waals surface area contributed by atoms with E-state index in [9.17, 15) is 0 Å². The van der Waals surface area contributed by atoms with Crippen molar-refractivity contribution >= 4 is 50.5 Å². The maximum atomic E-state index is 4.89. The van der Waals surface area contributed by atoms with E-state index >= 15 is 0 Å². The Morgan fingerprint density at radius 1 is 0.667 bits per heavy atom. The van der Waals surface area contributed by atoms with Crippen LogP contribution in [0.4, 0.5) is 28.6 Å². The van der Waals surface area contributed by atoms with Gasteiger partial charge in [-0.25, -0.2) is 4.98 Å². The lowest BCUT2D eigenvalue weighted by molar-refractivity contribution is 0.831. The Balaban J connectivity index is 1.43. The average Bonchev–Trinajstić information content (AvgIpc) is 3.13. The van der Waals surface area contributed by atoms with Crippen LogP contribution in [0.25, 0.3) is 21.9 Å². The molecule has 1 aromatic heterocycles. The van der Waals surface area contributed by atoms with Crippen molar-refractivity contribution in [3.05, 3.63) is 168 Å². The molecule has 1 unspecified atom stereocenters. The zero-order valence-corrected chi connectivity index (χ0v) is 28.1. The molecule has 2 aliphatic rings. The zero-order valence-electron chi connectivity index (χ0n) is 28.1. The second kappa shape index (κ2) is 12.3. The van der Waals surface area contributed by atoms with Gasteiger partial charge in [0.15, 0.2) is 0 Å². The van der Waals surface area contributed by atoms with Crippen LogP contribution in [0, 0.1) is 5.92 Å². The lowest BCUT2D eigenvalue weighted by Crippen LogP contribution is -2.34. The molecule has 8 rings (SSSR count). The van der Waals surface area contributed by atoms with Crippen LogP contribution in [0.2, 0.25) is 0 Å². The monoisotopic (exact) mass is 623 g/mol. The smallest absolute Gasteiger partial charge is 0.137 e. The Morgan fingerprint density at radius 3 is 1.88 bits per heavy atom. The Kier molecular flexibility index (Phi) is 7.69. The number of allylic oxidation sites excluding steroid dienone is 2. The van der Waals surface area contributed by atoms with Gasteiger partial charge in [0.1, 0.15) is 5.82 Å². The molecule has 0 saturated heterocycles. The van der Waals surface area contributed by atoms with Gasteiger partial charge in [-0.2, -0.15) is 0 Å². The van der Waals surface area contributed by atoms with Crippen molar-refractivity contribution in [2.45, 2.75) is 46.1 Å². The first-order chi connectivity index (χ1) is 23.5. The minimum absolute atomic E-state index is 0.0469.